The maximum absolute atomic E-state index is 11.3. The highest BCUT2D eigenvalue weighted by molar-refractivity contribution is 5.67. The molecule has 0 amide bonds. The van der Waals surface area contributed by atoms with E-state index in [1.165, 1.54) is 33.1 Å². The first-order valence-electron chi connectivity index (χ1n) is 8.71. The zero-order valence-electron chi connectivity index (χ0n) is 14.9. The van der Waals surface area contributed by atoms with Crippen LogP contribution in [0.25, 0.3) is 0 Å². The molecule has 0 aliphatic carbocycles. The summed E-state index contributed by atoms with van der Waals surface area (Å²) in [5.74, 6) is -1.03. The van der Waals surface area contributed by atoms with Gasteiger partial charge in [0.05, 0.1) is 6.61 Å². The Kier molecular flexibility index (Phi) is 9.90. The molecular weight excluding hydrogens is 316 g/mol. The van der Waals surface area contributed by atoms with Crippen LogP contribution in [0.15, 0.2) is 0 Å². The van der Waals surface area contributed by atoms with Crippen molar-refractivity contribution in [2.24, 2.45) is 0 Å². The van der Waals surface area contributed by atoms with Crippen molar-refractivity contribution in [1.29, 1.82) is 0 Å². The molecule has 1 aliphatic heterocycles. The highest BCUT2D eigenvalue weighted by Crippen LogP contribution is 2.23. The number of rotatable bonds is 10. The van der Waals surface area contributed by atoms with E-state index in [-0.39, 0.29) is 6.61 Å². The van der Waals surface area contributed by atoms with Gasteiger partial charge in [0.15, 0.2) is 18.5 Å². The summed E-state index contributed by atoms with van der Waals surface area (Å²) in [4.78, 5) is 22.5. The van der Waals surface area contributed by atoms with Crippen molar-refractivity contribution in [1.82, 2.24) is 0 Å². The van der Waals surface area contributed by atoms with Gasteiger partial charge in [0.25, 0.3) is 0 Å². The Morgan fingerprint density at radius 2 is 1.62 bits per heavy atom. The van der Waals surface area contributed by atoms with Crippen LogP contribution in [0.2, 0.25) is 0 Å². The first kappa shape index (κ1) is 20.9. The second-order valence-electron chi connectivity index (χ2n) is 6.05. The van der Waals surface area contributed by atoms with Crippen LogP contribution in [-0.2, 0) is 28.5 Å². The molecule has 1 aliphatic rings. The van der Waals surface area contributed by atoms with Crippen LogP contribution in [0.5, 0.6) is 0 Å². The Morgan fingerprint density at radius 1 is 1.00 bits per heavy atom. The Hall–Kier alpha value is -1.18. The molecule has 0 aromatic rings. The van der Waals surface area contributed by atoms with E-state index in [2.05, 4.69) is 6.92 Å². The first-order chi connectivity index (χ1) is 11.5. The summed E-state index contributed by atoms with van der Waals surface area (Å²) < 4.78 is 21.2. The molecule has 0 bridgehead atoms. The molecule has 7 heteroatoms. The fourth-order valence-corrected chi connectivity index (χ4v) is 2.69. The molecule has 4 atom stereocenters. The molecule has 0 spiro atoms. The minimum Gasteiger partial charge on any atom is -0.457 e. The average Bonchev–Trinajstić information content (AvgIpc) is 2.51. The summed E-state index contributed by atoms with van der Waals surface area (Å²) in [6.07, 6.45) is 2.93. The molecule has 1 saturated heterocycles. The summed E-state index contributed by atoms with van der Waals surface area (Å²) in [6, 6.07) is 0. The second kappa shape index (κ2) is 11.4. The van der Waals surface area contributed by atoms with Gasteiger partial charge in [-0.1, -0.05) is 39.0 Å². The van der Waals surface area contributed by atoms with Crippen molar-refractivity contribution in [3.05, 3.63) is 0 Å². The molecule has 140 valence electrons. The maximum atomic E-state index is 11.3. The smallest absolute Gasteiger partial charge is 0.303 e. The maximum Gasteiger partial charge on any atom is 0.303 e. The van der Waals surface area contributed by atoms with Gasteiger partial charge in [-0.3, -0.25) is 9.59 Å². The van der Waals surface area contributed by atoms with Crippen LogP contribution in [0.3, 0.4) is 0 Å². The summed E-state index contributed by atoms with van der Waals surface area (Å²) in [6.45, 7) is 5.15. The summed E-state index contributed by atoms with van der Waals surface area (Å²) in [7, 11) is 0. The normalized spacial score (nSPS) is 26.8. The van der Waals surface area contributed by atoms with Gasteiger partial charge in [-0.05, 0) is 6.42 Å². The molecule has 24 heavy (non-hydrogen) atoms. The van der Waals surface area contributed by atoms with Crippen LogP contribution in [0.4, 0.5) is 0 Å². The van der Waals surface area contributed by atoms with E-state index in [1.54, 1.807) is 0 Å². The summed E-state index contributed by atoms with van der Waals surface area (Å²) in [5, 5.41) is 9.92. The van der Waals surface area contributed by atoms with E-state index in [4.69, 9.17) is 18.9 Å². The van der Waals surface area contributed by atoms with Gasteiger partial charge in [-0.25, -0.2) is 0 Å². The zero-order valence-corrected chi connectivity index (χ0v) is 14.9. The Balaban J connectivity index is 2.54. The lowest BCUT2D eigenvalue weighted by molar-refractivity contribution is -0.271. The molecule has 4 unspecified atom stereocenters. The van der Waals surface area contributed by atoms with Crippen molar-refractivity contribution in [2.75, 3.05) is 13.2 Å². The third-order valence-corrected chi connectivity index (χ3v) is 3.83. The first-order valence-corrected chi connectivity index (χ1v) is 8.71. The van der Waals surface area contributed by atoms with Crippen molar-refractivity contribution >= 4 is 11.9 Å². The lowest BCUT2D eigenvalue weighted by atomic mass is 10.0. The molecule has 0 saturated carbocycles. The third kappa shape index (κ3) is 7.59. The Morgan fingerprint density at radius 3 is 2.25 bits per heavy atom. The minimum atomic E-state index is -1.30. The van der Waals surface area contributed by atoms with Crippen molar-refractivity contribution in [3.8, 4) is 0 Å². The predicted octanol–water partition coefficient (Wildman–Crippen LogP) is 1.94. The van der Waals surface area contributed by atoms with Crippen LogP contribution in [-0.4, -0.2) is 54.9 Å². The highest BCUT2D eigenvalue weighted by atomic mass is 16.7. The van der Waals surface area contributed by atoms with Crippen molar-refractivity contribution in [2.45, 2.75) is 83.9 Å². The molecule has 7 nitrogen and oxygen atoms in total. The molecule has 0 aromatic carbocycles. The highest BCUT2D eigenvalue weighted by Gasteiger charge is 2.44. The molecular formula is C17H30O7. The largest absolute Gasteiger partial charge is 0.457 e. The van der Waals surface area contributed by atoms with E-state index in [0.29, 0.717) is 6.61 Å². The number of unbranched alkanes of at least 4 members (excludes halogenated alkanes) is 5. The van der Waals surface area contributed by atoms with E-state index in [1.807, 2.05) is 0 Å². The second-order valence-corrected chi connectivity index (χ2v) is 6.05. The summed E-state index contributed by atoms with van der Waals surface area (Å²) >= 11 is 0. The lowest BCUT2D eigenvalue weighted by Gasteiger charge is -2.39. The van der Waals surface area contributed by atoms with E-state index >= 15 is 0 Å². The van der Waals surface area contributed by atoms with Crippen molar-refractivity contribution in [3.63, 3.8) is 0 Å². The lowest BCUT2D eigenvalue weighted by Crippen LogP contribution is -2.57. The van der Waals surface area contributed by atoms with Gasteiger partial charge in [-0.15, -0.1) is 0 Å². The van der Waals surface area contributed by atoms with Gasteiger partial charge in [0.2, 0.25) is 0 Å². The topological polar surface area (TPSA) is 91.3 Å². The molecule has 0 aromatic heterocycles. The molecule has 0 radical (unpaired) electrons. The molecule has 1 rings (SSSR count). The number of ether oxygens (including phenoxy) is 4. The van der Waals surface area contributed by atoms with Crippen molar-refractivity contribution < 1.29 is 33.6 Å². The average molecular weight is 346 g/mol. The number of hydrogen-bond donors (Lipinski definition) is 1. The van der Waals surface area contributed by atoms with Gasteiger partial charge in [0.1, 0.15) is 6.10 Å². The van der Waals surface area contributed by atoms with Crippen LogP contribution < -0.4 is 0 Å². The standard InChI is InChI=1S/C17H30O7/c1-4-5-6-7-8-9-10-21-15-14(23-12(2)18)11-22-17(20)16(15)24-13(3)19/h14-17,20H,4-11H2,1-3H3. The zero-order chi connectivity index (χ0) is 17.9. The SMILES string of the molecule is CCCCCCCCOC1C(OC(C)=O)COC(O)C1OC(C)=O. The number of hydrogen-bond acceptors (Lipinski definition) is 7. The molecule has 1 heterocycles. The van der Waals surface area contributed by atoms with Gasteiger partial charge in [-0.2, -0.15) is 0 Å². The van der Waals surface area contributed by atoms with Gasteiger partial charge in [0, 0.05) is 20.5 Å². The Bertz CT molecular complexity index is 385. The minimum absolute atomic E-state index is 0.000319. The Labute approximate surface area is 143 Å². The predicted molar refractivity (Wildman–Crippen MR) is 86.2 cm³/mol. The van der Waals surface area contributed by atoms with Crippen LogP contribution >= 0.6 is 0 Å². The number of carbonyl (C=O) groups excluding carboxylic acids is 2. The molecule has 1 fully saturated rings. The number of esters is 2. The number of aliphatic hydroxyl groups is 1. The fraction of sp³-hybridized carbons (Fsp3) is 0.882. The monoisotopic (exact) mass is 346 g/mol. The quantitative estimate of drug-likeness (QED) is 0.477. The van der Waals surface area contributed by atoms with E-state index in [9.17, 15) is 14.7 Å². The third-order valence-electron chi connectivity index (χ3n) is 3.83. The number of aliphatic hydroxyl groups excluding tert-OH is 1. The van der Waals surface area contributed by atoms with E-state index in [0.717, 1.165) is 19.3 Å². The van der Waals surface area contributed by atoms with Crippen LogP contribution in [0, 0.1) is 0 Å². The van der Waals surface area contributed by atoms with Gasteiger partial charge >= 0.3 is 11.9 Å². The number of carbonyl (C=O) groups is 2. The summed E-state index contributed by atoms with van der Waals surface area (Å²) in [5.41, 5.74) is 0. The molecule has 1 N–H and O–H groups in total. The van der Waals surface area contributed by atoms with E-state index < -0.39 is 36.5 Å². The fourth-order valence-electron chi connectivity index (χ4n) is 2.69. The van der Waals surface area contributed by atoms with Crippen LogP contribution in [0.1, 0.15) is 59.3 Å². The van der Waals surface area contributed by atoms with Gasteiger partial charge < -0.3 is 24.1 Å².